The highest BCUT2D eigenvalue weighted by atomic mass is 19.1. The number of hydrogen-bond acceptors (Lipinski definition) is 3. The quantitative estimate of drug-likeness (QED) is 0.809. The van der Waals surface area contributed by atoms with Crippen LogP contribution in [-0.2, 0) is 0 Å². The first kappa shape index (κ1) is 16.2. The molecule has 0 saturated carbocycles. The second-order valence-electron chi connectivity index (χ2n) is 4.50. The summed E-state index contributed by atoms with van der Waals surface area (Å²) in [6.45, 7) is 1.65. The largest absolute Gasteiger partial charge is 0.395 e. The van der Waals surface area contributed by atoms with E-state index in [0.717, 1.165) is 6.07 Å². The Balaban J connectivity index is 3.06. The lowest BCUT2D eigenvalue weighted by molar-refractivity contribution is 0.0703. The molecule has 0 fully saturated rings. The fourth-order valence-corrected chi connectivity index (χ4v) is 1.70. The van der Waals surface area contributed by atoms with Crippen molar-refractivity contribution in [2.75, 3.05) is 20.2 Å². The topological polar surface area (TPSA) is 60.8 Å². The zero-order chi connectivity index (χ0) is 15.1. The van der Waals surface area contributed by atoms with Gasteiger partial charge in [0.15, 0.2) is 0 Å². The number of aliphatic hydroxyl groups is 2. The summed E-state index contributed by atoms with van der Waals surface area (Å²) in [5, 5.41) is 18.0. The number of rotatable bonds is 4. The average Bonchev–Trinajstić information content (AvgIpc) is 2.39. The highest BCUT2D eigenvalue weighted by Crippen LogP contribution is 2.13. The van der Waals surface area contributed by atoms with Gasteiger partial charge in [-0.3, -0.25) is 4.79 Å². The van der Waals surface area contributed by atoms with Crippen molar-refractivity contribution >= 4 is 5.91 Å². The number of nitrogens with zero attached hydrogens (tertiary/aromatic N) is 1. The molecule has 4 nitrogen and oxygen atoms in total. The molecule has 5 heteroatoms. The Kier molecular flexibility index (Phi) is 6.16. The first-order valence-electron chi connectivity index (χ1n) is 6.28. The number of hydrogen-bond donors (Lipinski definition) is 2. The molecule has 1 atom stereocenters. The summed E-state index contributed by atoms with van der Waals surface area (Å²) in [5.41, 5.74) is 0.556. The third-order valence-electron chi connectivity index (χ3n) is 2.56. The van der Waals surface area contributed by atoms with Gasteiger partial charge >= 0.3 is 0 Å². The molecule has 108 valence electrons. The molecule has 0 spiro atoms. The van der Waals surface area contributed by atoms with Gasteiger partial charge in [0.25, 0.3) is 5.91 Å². The van der Waals surface area contributed by atoms with E-state index >= 15 is 0 Å². The summed E-state index contributed by atoms with van der Waals surface area (Å²) in [4.78, 5) is 13.5. The van der Waals surface area contributed by atoms with E-state index < -0.39 is 17.8 Å². The molecule has 0 heterocycles. The number of benzene rings is 1. The maximum atomic E-state index is 13.3. The van der Waals surface area contributed by atoms with Gasteiger partial charge in [-0.1, -0.05) is 11.8 Å². The fraction of sp³-hybridized carbons (Fsp3) is 0.400. The van der Waals surface area contributed by atoms with Crippen LogP contribution in [-0.4, -0.2) is 47.3 Å². The molecule has 1 unspecified atom stereocenters. The zero-order valence-corrected chi connectivity index (χ0v) is 11.6. The van der Waals surface area contributed by atoms with Crippen LogP contribution in [0.2, 0.25) is 0 Å². The number of halogens is 1. The number of carbonyl (C=O) groups is 1. The molecule has 0 radical (unpaired) electrons. The smallest absolute Gasteiger partial charge is 0.255 e. The second kappa shape index (κ2) is 7.63. The minimum Gasteiger partial charge on any atom is -0.395 e. The number of aliphatic hydroxyl groups excluding tert-OH is 2. The van der Waals surface area contributed by atoms with Crippen molar-refractivity contribution in [1.82, 2.24) is 4.90 Å². The van der Waals surface area contributed by atoms with Gasteiger partial charge in [-0.2, -0.15) is 0 Å². The molecular weight excluding hydrogens is 261 g/mol. The van der Waals surface area contributed by atoms with Gasteiger partial charge in [0.1, 0.15) is 5.82 Å². The maximum Gasteiger partial charge on any atom is 0.255 e. The van der Waals surface area contributed by atoms with Crippen LogP contribution in [0.3, 0.4) is 0 Å². The Morgan fingerprint density at radius 1 is 1.50 bits per heavy atom. The molecule has 0 aromatic heterocycles. The highest BCUT2D eigenvalue weighted by Gasteiger charge is 2.17. The summed E-state index contributed by atoms with van der Waals surface area (Å²) in [6, 6.07) is 3.79. The van der Waals surface area contributed by atoms with Crippen molar-refractivity contribution in [3.8, 4) is 11.8 Å². The second-order valence-corrected chi connectivity index (χ2v) is 4.50. The Bertz CT molecular complexity index is 532. The van der Waals surface area contributed by atoms with E-state index in [4.69, 9.17) is 5.11 Å². The number of amides is 1. The van der Waals surface area contributed by atoms with Crippen molar-refractivity contribution < 1.29 is 19.4 Å². The minimum absolute atomic E-state index is 0.0700. The first-order valence-corrected chi connectivity index (χ1v) is 6.28. The van der Waals surface area contributed by atoms with E-state index in [9.17, 15) is 14.3 Å². The highest BCUT2D eigenvalue weighted by molar-refractivity contribution is 5.96. The summed E-state index contributed by atoms with van der Waals surface area (Å²) in [5.74, 6) is 4.52. The lowest BCUT2D eigenvalue weighted by Gasteiger charge is -2.19. The van der Waals surface area contributed by atoms with Crippen LogP contribution in [0, 0.1) is 17.7 Å². The van der Waals surface area contributed by atoms with Gasteiger partial charge in [0.05, 0.1) is 18.3 Å². The van der Waals surface area contributed by atoms with Gasteiger partial charge in [-0.15, -0.1) is 0 Å². The molecule has 1 aromatic rings. The van der Waals surface area contributed by atoms with Crippen molar-refractivity contribution in [2.24, 2.45) is 0 Å². The molecule has 0 aliphatic carbocycles. The predicted molar refractivity (Wildman–Crippen MR) is 73.6 cm³/mol. The van der Waals surface area contributed by atoms with Crippen molar-refractivity contribution in [3.63, 3.8) is 0 Å². The zero-order valence-electron chi connectivity index (χ0n) is 11.6. The van der Waals surface area contributed by atoms with Crippen LogP contribution in [0.15, 0.2) is 18.2 Å². The normalized spacial score (nSPS) is 11.4. The van der Waals surface area contributed by atoms with Gasteiger partial charge < -0.3 is 15.1 Å². The molecule has 1 aromatic carbocycles. The van der Waals surface area contributed by atoms with Gasteiger partial charge in [0, 0.05) is 25.6 Å². The summed E-state index contributed by atoms with van der Waals surface area (Å²) in [7, 11) is 1.53. The molecule has 2 N–H and O–H groups in total. The maximum absolute atomic E-state index is 13.3. The third-order valence-corrected chi connectivity index (χ3v) is 2.56. The SMILES string of the molecule is CC(O)CN(C)C(=O)c1cc(F)ccc1C#CCCO. The Labute approximate surface area is 117 Å². The Morgan fingerprint density at radius 3 is 2.80 bits per heavy atom. The summed E-state index contributed by atoms with van der Waals surface area (Å²) < 4.78 is 13.3. The van der Waals surface area contributed by atoms with E-state index in [-0.39, 0.29) is 25.1 Å². The van der Waals surface area contributed by atoms with Gasteiger partial charge in [0.2, 0.25) is 0 Å². The molecule has 0 saturated heterocycles. The molecular formula is C15H18FNO3. The molecule has 20 heavy (non-hydrogen) atoms. The predicted octanol–water partition coefficient (Wildman–Crippen LogP) is 1.01. The minimum atomic E-state index is -0.665. The number of carbonyl (C=O) groups excluding carboxylic acids is 1. The van der Waals surface area contributed by atoms with E-state index in [0.29, 0.717) is 5.56 Å². The molecule has 1 amide bonds. The molecule has 1 rings (SSSR count). The van der Waals surface area contributed by atoms with E-state index in [1.54, 1.807) is 6.92 Å². The fourth-order valence-electron chi connectivity index (χ4n) is 1.70. The lowest BCUT2D eigenvalue weighted by Crippen LogP contribution is -2.33. The lowest BCUT2D eigenvalue weighted by atomic mass is 10.1. The van der Waals surface area contributed by atoms with Crippen molar-refractivity contribution in [2.45, 2.75) is 19.4 Å². The van der Waals surface area contributed by atoms with Crippen LogP contribution in [0.4, 0.5) is 4.39 Å². The van der Waals surface area contributed by atoms with Crippen molar-refractivity contribution in [3.05, 3.63) is 35.1 Å². The third kappa shape index (κ3) is 4.65. The van der Waals surface area contributed by atoms with E-state index in [1.807, 2.05) is 0 Å². The van der Waals surface area contributed by atoms with Crippen molar-refractivity contribution in [1.29, 1.82) is 0 Å². The van der Waals surface area contributed by atoms with Crippen LogP contribution in [0.25, 0.3) is 0 Å². The van der Waals surface area contributed by atoms with Crippen LogP contribution < -0.4 is 0 Å². The Morgan fingerprint density at radius 2 is 2.20 bits per heavy atom. The summed E-state index contributed by atoms with van der Waals surface area (Å²) >= 11 is 0. The average molecular weight is 279 g/mol. The monoisotopic (exact) mass is 279 g/mol. The van der Waals surface area contributed by atoms with Crippen LogP contribution >= 0.6 is 0 Å². The molecule has 0 aliphatic heterocycles. The summed E-state index contributed by atoms with van der Waals surface area (Å²) in [6.07, 6.45) is -0.379. The van der Waals surface area contributed by atoms with Gasteiger partial charge in [-0.25, -0.2) is 4.39 Å². The number of likely N-dealkylation sites (N-methyl/N-ethyl adjacent to an activating group) is 1. The Hall–Kier alpha value is -1.90. The van der Waals surface area contributed by atoms with E-state index in [1.165, 1.54) is 24.1 Å². The standard InChI is InChI=1S/C15H18FNO3/c1-11(19)10-17(2)15(20)14-9-13(16)7-6-12(14)5-3-4-8-18/h6-7,9,11,18-19H,4,8,10H2,1-2H3. The molecule has 0 bridgehead atoms. The van der Waals surface area contributed by atoms with Crippen LogP contribution in [0.5, 0.6) is 0 Å². The first-order chi connectivity index (χ1) is 9.45. The van der Waals surface area contributed by atoms with Crippen LogP contribution in [0.1, 0.15) is 29.3 Å². The molecule has 0 aliphatic rings. The van der Waals surface area contributed by atoms with E-state index in [2.05, 4.69) is 11.8 Å². The van der Waals surface area contributed by atoms with Gasteiger partial charge in [-0.05, 0) is 25.1 Å².